The molecule has 3 heterocycles. The van der Waals surface area contributed by atoms with E-state index in [4.69, 9.17) is 16.3 Å². The molecule has 1 saturated heterocycles. The number of nitrogens with zero attached hydrogens (tertiary/aromatic N) is 1. The van der Waals surface area contributed by atoms with Gasteiger partial charge in [-0.05, 0) is 36.4 Å². The molecule has 0 bridgehead atoms. The van der Waals surface area contributed by atoms with Crippen LogP contribution >= 0.6 is 11.6 Å². The Morgan fingerprint density at radius 3 is 2.42 bits per heavy atom. The Labute approximate surface area is 211 Å². The van der Waals surface area contributed by atoms with E-state index in [2.05, 4.69) is 5.32 Å². The summed E-state index contributed by atoms with van der Waals surface area (Å²) in [7, 11) is 0. The van der Waals surface area contributed by atoms with E-state index in [9.17, 15) is 19.5 Å². The Balaban J connectivity index is 1.66. The van der Waals surface area contributed by atoms with Crippen LogP contribution in [0.1, 0.15) is 26.3 Å². The summed E-state index contributed by atoms with van der Waals surface area (Å²) in [4.78, 5) is 42.7. The Morgan fingerprint density at radius 2 is 1.67 bits per heavy atom. The van der Waals surface area contributed by atoms with Gasteiger partial charge in [0, 0.05) is 34.8 Å². The number of hydrogen-bond acceptors (Lipinski definition) is 7. The van der Waals surface area contributed by atoms with Gasteiger partial charge in [0.2, 0.25) is 5.78 Å². The molecule has 7 nitrogen and oxygen atoms in total. The molecule has 3 aliphatic rings. The SMILES string of the molecule is O=C1Oc2ccccc2C(=O)/C1=C1/C(C(=O)c2ccc(Cl)cc2)=C2NCCN2C1(O)c1ccccc1. The number of carbonyl (C=O) groups is 3. The van der Waals surface area contributed by atoms with Crippen molar-refractivity contribution in [2.75, 3.05) is 13.1 Å². The summed E-state index contributed by atoms with van der Waals surface area (Å²) >= 11 is 6.03. The van der Waals surface area contributed by atoms with E-state index in [1.165, 1.54) is 6.07 Å². The van der Waals surface area contributed by atoms with Gasteiger partial charge >= 0.3 is 5.97 Å². The molecule has 2 N–H and O–H groups in total. The quantitative estimate of drug-likeness (QED) is 0.187. The molecule has 3 aromatic carbocycles. The van der Waals surface area contributed by atoms with Gasteiger partial charge in [-0.25, -0.2) is 4.79 Å². The molecule has 1 atom stereocenters. The van der Waals surface area contributed by atoms with E-state index < -0.39 is 23.3 Å². The lowest BCUT2D eigenvalue weighted by molar-refractivity contribution is -0.130. The maximum atomic E-state index is 14.0. The first-order valence-electron chi connectivity index (χ1n) is 11.4. The number of Topliss-reactive ketones (excluding diaryl/α,β-unsaturated/α-hetero) is 2. The normalized spacial score (nSPS) is 22.8. The molecule has 6 rings (SSSR count). The molecule has 36 heavy (non-hydrogen) atoms. The summed E-state index contributed by atoms with van der Waals surface area (Å²) in [5.41, 5.74) is -1.51. The van der Waals surface area contributed by atoms with Crippen molar-refractivity contribution in [3.63, 3.8) is 0 Å². The third-order valence-electron chi connectivity index (χ3n) is 6.65. The standard InChI is InChI=1S/C28H19ClN2O5/c29-18-12-10-16(11-13-18)24(32)21-23(22-25(33)19-8-4-5-9-20(19)36-27(22)34)28(35,17-6-2-1-3-7-17)31-15-14-30-26(21)31/h1-13,30,35H,14-15H2/b23-22+. The molecule has 1 fully saturated rings. The number of benzene rings is 3. The molecule has 3 aliphatic heterocycles. The third kappa shape index (κ3) is 3.13. The van der Waals surface area contributed by atoms with Crippen molar-refractivity contribution in [3.8, 4) is 5.75 Å². The average Bonchev–Trinajstić information content (AvgIpc) is 3.46. The zero-order valence-electron chi connectivity index (χ0n) is 18.8. The molecule has 0 amide bonds. The summed E-state index contributed by atoms with van der Waals surface area (Å²) < 4.78 is 5.51. The second kappa shape index (κ2) is 8.19. The van der Waals surface area contributed by atoms with Gasteiger partial charge in [-0.15, -0.1) is 0 Å². The number of ketones is 2. The van der Waals surface area contributed by atoms with E-state index >= 15 is 0 Å². The van der Waals surface area contributed by atoms with Crippen molar-refractivity contribution in [1.29, 1.82) is 0 Å². The smallest absolute Gasteiger partial charge is 0.348 e. The minimum atomic E-state index is -1.96. The number of esters is 1. The van der Waals surface area contributed by atoms with Crippen LogP contribution in [0.2, 0.25) is 5.02 Å². The maximum Gasteiger partial charge on any atom is 0.348 e. The third-order valence-corrected chi connectivity index (χ3v) is 6.90. The summed E-state index contributed by atoms with van der Waals surface area (Å²) in [6.07, 6.45) is 0. The number of hydrogen-bond donors (Lipinski definition) is 2. The van der Waals surface area contributed by atoms with Crippen LogP contribution in [0.3, 0.4) is 0 Å². The minimum Gasteiger partial charge on any atom is -0.422 e. The van der Waals surface area contributed by atoms with E-state index in [1.807, 2.05) is 0 Å². The van der Waals surface area contributed by atoms with Crippen LogP contribution in [0.5, 0.6) is 5.75 Å². The van der Waals surface area contributed by atoms with E-state index in [0.717, 1.165) is 0 Å². The van der Waals surface area contributed by atoms with Crippen molar-refractivity contribution in [2.24, 2.45) is 0 Å². The van der Waals surface area contributed by atoms with Gasteiger partial charge in [-0.2, -0.15) is 0 Å². The van der Waals surface area contributed by atoms with E-state index in [0.29, 0.717) is 35.1 Å². The van der Waals surface area contributed by atoms with Gasteiger partial charge in [0.25, 0.3) is 0 Å². The first-order valence-corrected chi connectivity index (χ1v) is 11.7. The lowest BCUT2D eigenvalue weighted by Gasteiger charge is -2.36. The largest absolute Gasteiger partial charge is 0.422 e. The fourth-order valence-corrected chi connectivity index (χ4v) is 5.17. The molecular formula is C28H19ClN2O5. The highest BCUT2D eigenvalue weighted by molar-refractivity contribution is 6.31. The summed E-state index contributed by atoms with van der Waals surface area (Å²) in [5.74, 6) is -1.52. The summed E-state index contributed by atoms with van der Waals surface area (Å²) in [5, 5.41) is 16.0. The van der Waals surface area contributed by atoms with Crippen molar-refractivity contribution < 1.29 is 24.2 Å². The highest BCUT2D eigenvalue weighted by atomic mass is 35.5. The molecule has 8 heteroatoms. The van der Waals surface area contributed by atoms with Crippen molar-refractivity contribution in [1.82, 2.24) is 10.2 Å². The van der Waals surface area contributed by atoms with Crippen molar-refractivity contribution >= 4 is 29.1 Å². The van der Waals surface area contributed by atoms with E-state index in [1.54, 1.807) is 77.7 Å². The number of fused-ring (bicyclic) bond motifs is 2. The van der Waals surface area contributed by atoms with Crippen LogP contribution in [-0.2, 0) is 10.5 Å². The summed E-state index contributed by atoms with van der Waals surface area (Å²) in [6, 6.07) is 21.4. The Kier molecular flexibility index (Phi) is 5.07. The number of nitrogens with one attached hydrogen (secondary N) is 1. The second-order valence-corrected chi connectivity index (χ2v) is 9.08. The fraction of sp³-hybridized carbons (Fsp3) is 0.107. The van der Waals surface area contributed by atoms with Crippen molar-refractivity contribution in [2.45, 2.75) is 5.72 Å². The number of aliphatic hydroxyl groups is 1. The molecular weight excluding hydrogens is 480 g/mol. The highest BCUT2D eigenvalue weighted by Gasteiger charge is 2.56. The first kappa shape index (κ1) is 22.3. The van der Waals surface area contributed by atoms with Crippen molar-refractivity contribution in [3.05, 3.63) is 123 Å². The predicted molar refractivity (Wildman–Crippen MR) is 131 cm³/mol. The lowest BCUT2D eigenvalue weighted by Crippen LogP contribution is -2.44. The lowest BCUT2D eigenvalue weighted by atomic mass is 9.82. The molecule has 0 aromatic heterocycles. The molecule has 1 unspecified atom stereocenters. The van der Waals surface area contributed by atoms with Gasteiger partial charge in [-0.1, -0.05) is 54.1 Å². The van der Waals surface area contributed by atoms with E-state index in [-0.39, 0.29) is 28.0 Å². The van der Waals surface area contributed by atoms with Crippen LogP contribution in [0.4, 0.5) is 0 Å². The van der Waals surface area contributed by atoms with Gasteiger partial charge in [0.15, 0.2) is 11.5 Å². The van der Waals surface area contributed by atoms with Gasteiger partial charge in [0.05, 0.1) is 11.1 Å². The topological polar surface area (TPSA) is 95.9 Å². The molecule has 0 spiro atoms. The van der Waals surface area contributed by atoms with Crippen LogP contribution in [-0.4, -0.2) is 40.6 Å². The van der Waals surface area contributed by atoms with Gasteiger partial charge in [0.1, 0.15) is 17.1 Å². The second-order valence-electron chi connectivity index (χ2n) is 8.64. The molecule has 3 aromatic rings. The number of rotatable bonds is 3. The average molecular weight is 499 g/mol. The summed E-state index contributed by atoms with van der Waals surface area (Å²) in [6.45, 7) is 0.806. The Hall–Kier alpha value is -4.20. The van der Waals surface area contributed by atoms with Crippen LogP contribution in [0.15, 0.2) is 101 Å². The zero-order valence-corrected chi connectivity index (χ0v) is 19.6. The monoisotopic (exact) mass is 498 g/mol. The number of ether oxygens (including phenoxy) is 1. The van der Waals surface area contributed by atoms with Crippen LogP contribution < -0.4 is 10.1 Å². The maximum absolute atomic E-state index is 14.0. The first-order chi connectivity index (χ1) is 17.4. The van der Waals surface area contributed by atoms with Crippen LogP contribution in [0.25, 0.3) is 0 Å². The Bertz CT molecular complexity index is 1510. The fourth-order valence-electron chi connectivity index (χ4n) is 5.04. The predicted octanol–water partition coefficient (Wildman–Crippen LogP) is 3.60. The number of halogens is 1. The Morgan fingerprint density at radius 1 is 0.972 bits per heavy atom. The minimum absolute atomic E-state index is 0.0425. The number of carbonyl (C=O) groups excluding carboxylic acids is 3. The molecule has 0 aliphatic carbocycles. The van der Waals surface area contributed by atoms with Gasteiger partial charge < -0.3 is 20.1 Å². The van der Waals surface area contributed by atoms with Gasteiger partial charge in [-0.3, -0.25) is 9.59 Å². The van der Waals surface area contributed by atoms with Crippen LogP contribution in [0, 0.1) is 0 Å². The zero-order chi connectivity index (χ0) is 25.0. The molecule has 178 valence electrons. The molecule has 0 radical (unpaired) electrons. The molecule has 0 saturated carbocycles. The number of para-hydroxylation sites is 1. The highest BCUT2D eigenvalue weighted by Crippen LogP contribution is 2.50.